The van der Waals surface area contributed by atoms with E-state index in [-0.39, 0.29) is 12.3 Å². The van der Waals surface area contributed by atoms with E-state index in [2.05, 4.69) is 10.6 Å². The van der Waals surface area contributed by atoms with Gasteiger partial charge in [-0.15, -0.1) is 0 Å². The van der Waals surface area contributed by atoms with E-state index in [0.29, 0.717) is 12.8 Å². The highest BCUT2D eigenvalue weighted by Gasteiger charge is 2.45. The van der Waals surface area contributed by atoms with E-state index in [0.717, 1.165) is 6.42 Å². The number of nitrogens with two attached hydrogens (primary N) is 1. The Morgan fingerprint density at radius 3 is 2.29 bits per heavy atom. The number of primary sulfonamides is 1. The lowest BCUT2D eigenvalue weighted by Gasteiger charge is -2.38. The lowest BCUT2D eigenvalue weighted by atomic mass is 9.77. The summed E-state index contributed by atoms with van der Waals surface area (Å²) < 4.78 is 21.2. The average molecular weight is 265 g/mol. The van der Waals surface area contributed by atoms with Gasteiger partial charge in [-0.1, -0.05) is 0 Å². The number of sulfonamides is 1. The van der Waals surface area contributed by atoms with Crippen LogP contribution in [0.3, 0.4) is 0 Å². The van der Waals surface area contributed by atoms with Gasteiger partial charge in [-0.2, -0.15) is 0 Å². The van der Waals surface area contributed by atoms with E-state index < -0.39 is 27.6 Å². The molecule has 0 radical (unpaired) electrons. The summed E-state index contributed by atoms with van der Waals surface area (Å²) in [4.78, 5) is 22.2. The van der Waals surface area contributed by atoms with Crippen molar-refractivity contribution in [2.45, 2.75) is 24.8 Å². The van der Waals surface area contributed by atoms with Gasteiger partial charge in [0.25, 0.3) is 0 Å². The van der Waals surface area contributed by atoms with Gasteiger partial charge in [-0.25, -0.2) is 23.1 Å². The first-order chi connectivity index (χ1) is 7.75. The van der Waals surface area contributed by atoms with Crippen LogP contribution in [0.5, 0.6) is 0 Å². The van der Waals surface area contributed by atoms with Gasteiger partial charge in [0.15, 0.2) is 0 Å². The molecule has 2 amide bonds. The second-order valence-electron chi connectivity index (χ2n) is 3.99. The smallest absolute Gasteiger partial charge is 0.329 e. The molecule has 98 valence electrons. The number of carboxylic acids is 1. The van der Waals surface area contributed by atoms with Crippen LogP contribution in [0.15, 0.2) is 0 Å². The Morgan fingerprint density at radius 1 is 1.35 bits per heavy atom. The Kier molecular flexibility index (Phi) is 3.94. The van der Waals surface area contributed by atoms with Crippen LogP contribution in [0.4, 0.5) is 4.79 Å². The van der Waals surface area contributed by atoms with Crippen molar-refractivity contribution < 1.29 is 23.1 Å². The van der Waals surface area contributed by atoms with E-state index in [4.69, 9.17) is 10.2 Å². The van der Waals surface area contributed by atoms with Crippen molar-refractivity contribution in [2.24, 2.45) is 5.14 Å². The summed E-state index contributed by atoms with van der Waals surface area (Å²) in [5, 5.41) is 18.2. The lowest BCUT2D eigenvalue weighted by Crippen LogP contribution is -2.61. The first-order valence-corrected chi connectivity index (χ1v) is 6.77. The molecule has 0 aliphatic heterocycles. The number of carbonyl (C=O) groups is 2. The van der Waals surface area contributed by atoms with Gasteiger partial charge in [0.05, 0.1) is 5.75 Å². The number of carbonyl (C=O) groups excluding carboxylic acids is 1. The predicted molar refractivity (Wildman–Crippen MR) is 58.7 cm³/mol. The van der Waals surface area contributed by atoms with E-state index in [1.54, 1.807) is 0 Å². The zero-order valence-corrected chi connectivity index (χ0v) is 9.92. The maximum absolute atomic E-state index is 11.3. The average Bonchev–Trinajstić information content (AvgIpc) is 2.08. The van der Waals surface area contributed by atoms with Crippen molar-refractivity contribution in [3.63, 3.8) is 0 Å². The Bertz CT molecular complexity index is 415. The molecule has 8 nitrogen and oxygen atoms in total. The lowest BCUT2D eigenvalue weighted by molar-refractivity contribution is -0.148. The van der Waals surface area contributed by atoms with Crippen LogP contribution in [0.25, 0.3) is 0 Å². The van der Waals surface area contributed by atoms with Crippen LogP contribution in [0.1, 0.15) is 19.3 Å². The number of amides is 2. The quantitative estimate of drug-likeness (QED) is 0.483. The van der Waals surface area contributed by atoms with Gasteiger partial charge in [-0.05, 0) is 19.3 Å². The van der Waals surface area contributed by atoms with Crippen molar-refractivity contribution >= 4 is 22.0 Å². The third kappa shape index (κ3) is 3.86. The molecule has 5 N–H and O–H groups in total. The number of hydrogen-bond acceptors (Lipinski definition) is 4. The van der Waals surface area contributed by atoms with Gasteiger partial charge in [0.2, 0.25) is 10.0 Å². The molecule has 9 heteroatoms. The molecule has 0 spiro atoms. The SMILES string of the molecule is NS(=O)(=O)CCNC(=O)NC1(C(=O)O)CCC1. The minimum atomic E-state index is -3.63. The summed E-state index contributed by atoms with van der Waals surface area (Å²) in [5.41, 5.74) is -1.20. The Hall–Kier alpha value is -1.35. The van der Waals surface area contributed by atoms with Crippen molar-refractivity contribution in [1.29, 1.82) is 0 Å². The van der Waals surface area contributed by atoms with Gasteiger partial charge in [0.1, 0.15) is 5.54 Å². The van der Waals surface area contributed by atoms with E-state index in [1.165, 1.54) is 0 Å². The molecule has 1 aliphatic carbocycles. The second-order valence-corrected chi connectivity index (χ2v) is 5.72. The van der Waals surface area contributed by atoms with Crippen LogP contribution in [-0.2, 0) is 14.8 Å². The van der Waals surface area contributed by atoms with Gasteiger partial charge in [-0.3, -0.25) is 0 Å². The van der Waals surface area contributed by atoms with Gasteiger partial charge in [0, 0.05) is 6.54 Å². The summed E-state index contributed by atoms with van der Waals surface area (Å²) in [6.45, 7) is -0.152. The molecular weight excluding hydrogens is 250 g/mol. The number of aliphatic carboxylic acids is 1. The molecule has 1 saturated carbocycles. The number of nitrogens with one attached hydrogen (secondary N) is 2. The summed E-state index contributed by atoms with van der Waals surface area (Å²) in [6.07, 6.45) is 1.50. The molecule has 0 atom stereocenters. The minimum Gasteiger partial charge on any atom is -0.480 e. The highest BCUT2D eigenvalue weighted by atomic mass is 32.2. The van der Waals surface area contributed by atoms with Gasteiger partial charge >= 0.3 is 12.0 Å². The first kappa shape index (κ1) is 13.7. The Morgan fingerprint density at radius 2 is 1.94 bits per heavy atom. The molecule has 0 saturated heterocycles. The first-order valence-electron chi connectivity index (χ1n) is 5.05. The summed E-state index contributed by atoms with van der Waals surface area (Å²) in [7, 11) is -3.63. The molecule has 0 unspecified atom stereocenters. The normalized spacial score (nSPS) is 17.9. The zero-order valence-electron chi connectivity index (χ0n) is 9.10. The van der Waals surface area contributed by atoms with Crippen LogP contribution < -0.4 is 15.8 Å². The molecule has 0 aromatic heterocycles. The molecule has 0 aromatic rings. The van der Waals surface area contributed by atoms with Crippen LogP contribution in [-0.4, -0.2) is 43.4 Å². The molecule has 0 aromatic carbocycles. The summed E-state index contributed by atoms with van der Waals surface area (Å²) in [6, 6.07) is -0.698. The predicted octanol–water partition coefficient (Wildman–Crippen LogP) is -1.42. The van der Waals surface area contributed by atoms with Gasteiger partial charge < -0.3 is 15.7 Å². The van der Waals surface area contributed by atoms with Crippen molar-refractivity contribution in [2.75, 3.05) is 12.3 Å². The summed E-state index contributed by atoms with van der Waals surface area (Å²) >= 11 is 0. The molecule has 1 rings (SSSR count). The Labute approximate surface area is 98.6 Å². The third-order valence-corrected chi connectivity index (χ3v) is 3.41. The van der Waals surface area contributed by atoms with E-state index in [9.17, 15) is 18.0 Å². The standard InChI is InChI=1S/C8H15N3O5S/c9-17(15,16)5-4-10-7(14)11-8(6(12)13)2-1-3-8/h1-5H2,(H,12,13)(H2,9,15,16)(H2,10,11,14). The second kappa shape index (κ2) is 4.88. The van der Waals surface area contributed by atoms with Crippen molar-refractivity contribution in [1.82, 2.24) is 10.6 Å². The van der Waals surface area contributed by atoms with Crippen LogP contribution >= 0.6 is 0 Å². The van der Waals surface area contributed by atoms with E-state index >= 15 is 0 Å². The maximum Gasteiger partial charge on any atom is 0.329 e. The maximum atomic E-state index is 11.3. The van der Waals surface area contributed by atoms with Crippen LogP contribution in [0, 0.1) is 0 Å². The highest BCUT2D eigenvalue weighted by Crippen LogP contribution is 2.31. The molecule has 0 bridgehead atoms. The number of urea groups is 1. The number of rotatable bonds is 5. The largest absolute Gasteiger partial charge is 0.480 e. The third-order valence-electron chi connectivity index (χ3n) is 2.64. The fraction of sp³-hybridized carbons (Fsp3) is 0.750. The summed E-state index contributed by atoms with van der Waals surface area (Å²) in [5.74, 6) is -1.47. The molecule has 1 fully saturated rings. The van der Waals surface area contributed by atoms with E-state index in [1.807, 2.05) is 0 Å². The van der Waals surface area contributed by atoms with Crippen molar-refractivity contribution in [3.05, 3.63) is 0 Å². The topological polar surface area (TPSA) is 139 Å². The molecule has 17 heavy (non-hydrogen) atoms. The monoisotopic (exact) mass is 265 g/mol. The minimum absolute atomic E-state index is 0.152. The van der Waals surface area contributed by atoms with Crippen molar-refractivity contribution in [3.8, 4) is 0 Å². The fourth-order valence-corrected chi connectivity index (χ4v) is 1.88. The van der Waals surface area contributed by atoms with Crippen LogP contribution in [0.2, 0.25) is 0 Å². The number of carboxylic acid groups (broad SMARTS) is 1. The molecule has 0 heterocycles. The highest BCUT2D eigenvalue weighted by molar-refractivity contribution is 7.89. The Balaban J connectivity index is 2.37. The number of hydrogen-bond donors (Lipinski definition) is 4. The zero-order chi connectivity index (χ0) is 13.1. The molecule has 1 aliphatic rings. The fourth-order valence-electron chi connectivity index (χ4n) is 1.49. The molecular formula is C8H15N3O5S.